The van der Waals surface area contributed by atoms with E-state index >= 15 is 0 Å². The van der Waals surface area contributed by atoms with E-state index in [2.05, 4.69) is 83.1 Å². The molecule has 0 amide bonds. The van der Waals surface area contributed by atoms with Crippen molar-refractivity contribution in [1.29, 1.82) is 0 Å². The molecule has 0 fully saturated rings. The zero-order valence-electron chi connectivity index (χ0n) is 16.4. The second-order valence-electron chi connectivity index (χ2n) is 8.36. The number of benzene rings is 2. The van der Waals surface area contributed by atoms with E-state index < -0.39 is 0 Å². The molecule has 0 saturated heterocycles. The Hall–Kier alpha value is -1.80. The number of hydrogen-bond acceptors (Lipinski definition) is 2. The molecule has 0 heterocycles. The largest absolute Gasteiger partial charge is 0.493 e. The molecule has 2 rings (SSSR count). The Morgan fingerprint density at radius 2 is 1.52 bits per heavy atom. The fraction of sp³-hybridized carbons (Fsp3) is 0.478. The van der Waals surface area contributed by atoms with Crippen LogP contribution in [0.1, 0.15) is 57.2 Å². The molecule has 2 nitrogen and oxygen atoms in total. The second-order valence-corrected chi connectivity index (χ2v) is 8.36. The maximum atomic E-state index is 6.06. The molecule has 0 radical (unpaired) electrons. The highest BCUT2D eigenvalue weighted by Crippen LogP contribution is 2.26. The lowest BCUT2D eigenvalue weighted by Crippen LogP contribution is -2.16. The van der Waals surface area contributed by atoms with Gasteiger partial charge >= 0.3 is 0 Å². The molecule has 0 aromatic heterocycles. The molecule has 2 heteroatoms. The van der Waals surface area contributed by atoms with Crippen LogP contribution in [0.2, 0.25) is 0 Å². The predicted molar refractivity (Wildman–Crippen MR) is 107 cm³/mol. The lowest BCUT2D eigenvalue weighted by Gasteiger charge is -2.21. The quantitative estimate of drug-likeness (QED) is 0.742. The van der Waals surface area contributed by atoms with Gasteiger partial charge in [-0.3, -0.25) is 0 Å². The molecule has 2 aromatic carbocycles. The van der Waals surface area contributed by atoms with Crippen molar-refractivity contribution in [3.05, 3.63) is 65.2 Å². The molecule has 2 aromatic rings. The van der Waals surface area contributed by atoms with Crippen molar-refractivity contribution in [2.45, 2.75) is 52.4 Å². The molecule has 1 atom stereocenters. The maximum Gasteiger partial charge on any atom is 0.119 e. The van der Waals surface area contributed by atoms with Gasteiger partial charge in [-0.25, -0.2) is 0 Å². The average Bonchev–Trinajstić information content (AvgIpc) is 2.58. The number of hydrogen-bond donors (Lipinski definition) is 1. The van der Waals surface area contributed by atoms with Crippen molar-refractivity contribution in [3.8, 4) is 5.75 Å². The Morgan fingerprint density at radius 1 is 0.920 bits per heavy atom. The highest BCUT2D eigenvalue weighted by molar-refractivity contribution is 5.32. The Kier molecular flexibility index (Phi) is 6.66. The summed E-state index contributed by atoms with van der Waals surface area (Å²) in [6.07, 6.45) is 0.954. The molecule has 25 heavy (non-hydrogen) atoms. The van der Waals surface area contributed by atoms with Crippen molar-refractivity contribution < 1.29 is 4.74 Å². The van der Waals surface area contributed by atoms with Crippen LogP contribution in [0.15, 0.2) is 48.5 Å². The Bertz CT molecular complexity index is 635. The Labute approximate surface area is 153 Å². The van der Waals surface area contributed by atoms with Gasteiger partial charge in [0.2, 0.25) is 0 Å². The van der Waals surface area contributed by atoms with Crippen molar-refractivity contribution in [2.24, 2.45) is 11.7 Å². The highest BCUT2D eigenvalue weighted by atomic mass is 16.5. The molecule has 0 aliphatic carbocycles. The smallest absolute Gasteiger partial charge is 0.119 e. The lowest BCUT2D eigenvalue weighted by molar-refractivity contribution is 0.271. The summed E-state index contributed by atoms with van der Waals surface area (Å²) in [7, 11) is 0. The molecular weight excluding hydrogens is 306 g/mol. The van der Waals surface area contributed by atoms with Crippen molar-refractivity contribution in [2.75, 3.05) is 13.2 Å². The molecule has 0 saturated carbocycles. The van der Waals surface area contributed by atoms with Crippen LogP contribution < -0.4 is 10.5 Å². The van der Waals surface area contributed by atoms with Gasteiger partial charge in [0, 0.05) is 5.92 Å². The van der Waals surface area contributed by atoms with E-state index in [0.29, 0.717) is 18.4 Å². The maximum absolute atomic E-state index is 6.06. The molecule has 0 bridgehead atoms. The van der Waals surface area contributed by atoms with Gasteiger partial charge < -0.3 is 10.5 Å². The number of ether oxygens (including phenoxy) is 1. The second kappa shape index (κ2) is 8.53. The van der Waals surface area contributed by atoms with Crippen molar-refractivity contribution in [3.63, 3.8) is 0 Å². The van der Waals surface area contributed by atoms with Crippen LogP contribution in [-0.4, -0.2) is 13.2 Å². The van der Waals surface area contributed by atoms with Gasteiger partial charge in [-0.05, 0) is 53.1 Å². The standard InChI is InChI=1S/C23H33NO/c1-17(2)16-25-22-12-6-18(7-13-22)14-20(15-24)19-8-10-21(11-9-19)23(3,4)5/h6-13,17,20H,14-16,24H2,1-5H3. The minimum Gasteiger partial charge on any atom is -0.493 e. The summed E-state index contributed by atoms with van der Waals surface area (Å²) in [5.41, 5.74) is 10.2. The summed E-state index contributed by atoms with van der Waals surface area (Å²) in [5.74, 6) is 1.82. The van der Waals surface area contributed by atoms with E-state index in [-0.39, 0.29) is 5.41 Å². The Balaban J connectivity index is 2.04. The fourth-order valence-corrected chi connectivity index (χ4v) is 2.86. The molecule has 136 valence electrons. The molecule has 1 unspecified atom stereocenters. The van der Waals surface area contributed by atoms with Crippen LogP contribution in [0.4, 0.5) is 0 Å². The van der Waals surface area contributed by atoms with E-state index in [1.54, 1.807) is 0 Å². The molecular formula is C23H33NO. The first-order valence-electron chi connectivity index (χ1n) is 9.32. The third-order valence-corrected chi connectivity index (χ3v) is 4.52. The van der Waals surface area contributed by atoms with Gasteiger partial charge in [-0.2, -0.15) is 0 Å². The van der Waals surface area contributed by atoms with Crippen LogP contribution >= 0.6 is 0 Å². The highest BCUT2D eigenvalue weighted by Gasteiger charge is 2.15. The summed E-state index contributed by atoms with van der Waals surface area (Å²) in [4.78, 5) is 0. The summed E-state index contributed by atoms with van der Waals surface area (Å²) >= 11 is 0. The minimum absolute atomic E-state index is 0.183. The molecule has 0 aliphatic heterocycles. The first-order chi connectivity index (χ1) is 11.8. The van der Waals surface area contributed by atoms with Crippen LogP contribution in [0.25, 0.3) is 0 Å². The first kappa shape index (κ1) is 19.5. The monoisotopic (exact) mass is 339 g/mol. The summed E-state index contributed by atoms with van der Waals surface area (Å²) in [6.45, 7) is 12.4. The molecule has 0 aliphatic rings. The average molecular weight is 340 g/mol. The van der Waals surface area contributed by atoms with Gasteiger partial charge in [0.25, 0.3) is 0 Å². The van der Waals surface area contributed by atoms with Gasteiger partial charge in [-0.15, -0.1) is 0 Å². The first-order valence-corrected chi connectivity index (χ1v) is 9.32. The van der Waals surface area contributed by atoms with Gasteiger partial charge in [-0.1, -0.05) is 71.0 Å². The van der Waals surface area contributed by atoms with Crippen LogP contribution in [0, 0.1) is 5.92 Å². The van der Waals surface area contributed by atoms with E-state index in [1.165, 1.54) is 16.7 Å². The van der Waals surface area contributed by atoms with E-state index in [0.717, 1.165) is 18.8 Å². The zero-order chi connectivity index (χ0) is 18.4. The van der Waals surface area contributed by atoms with E-state index in [4.69, 9.17) is 10.5 Å². The van der Waals surface area contributed by atoms with Crippen LogP contribution in [0.3, 0.4) is 0 Å². The van der Waals surface area contributed by atoms with Gasteiger partial charge in [0.1, 0.15) is 5.75 Å². The Morgan fingerprint density at radius 3 is 2.00 bits per heavy atom. The van der Waals surface area contributed by atoms with Gasteiger partial charge in [0.15, 0.2) is 0 Å². The fourth-order valence-electron chi connectivity index (χ4n) is 2.86. The van der Waals surface area contributed by atoms with Crippen molar-refractivity contribution in [1.82, 2.24) is 0 Å². The van der Waals surface area contributed by atoms with E-state index in [1.807, 2.05) is 0 Å². The topological polar surface area (TPSA) is 35.2 Å². The number of nitrogens with two attached hydrogens (primary N) is 1. The lowest BCUT2D eigenvalue weighted by atomic mass is 9.84. The molecule has 2 N–H and O–H groups in total. The third kappa shape index (κ3) is 5.89. The number of rotatable bonds is 7. The molecule has 0 spiro atoms. The van der Waals surface area contributed by atoms with E-state index in [9.17, 15) is 0 Å². The normalized spacial score (nSPS) is 13.1. The third-order valence-electron chi connectivity index (χ3n) is 4.52. The van der Waals surface area contributed by atoms with Crippen LogP contribution in [-0.2, 0) is 11.8 Å². The predicted octanol–water partition coefficient (Wildman–Crippen LogP) is 5.30. The van der Waals surface area contributed by atoms with Crippen LogP contribution in [0.5, 0.6) is 5.75 Å². The van der Waals surface area contributed by atoms with Gasteiger partial charge in [0.05, 0.1) is 6.61 Å². The minimum atomic E-state index is 0.183. The summed E-state index contributed by atoms with van der Waals surface area (Å²) < 4.78 is 5.76. The van der Waals surface area contributed by atoms with Crippen molar-refractivity contribution >= 4 is 0 Å². The summed E-state index contributed by atoms with van der Waals surface area (Å²) in [5, 5.41) is 0. The summed E-state index contributed by atoms with van der Waals surface area (Å²) in [6, 6.07) is 17.4. The SMILES string of the molecule is CC(C)COc1ccc(CC(CN)c2ccc(C(C)(C)C)cc2)cc1. The zero-order valence-corrected chi connectivity index (χ0v) is 16.4.